The van der Waals surface area contributed by atoms with E-state index in [4.69, 9.17) is 14.3 Å². The molecule has 11 heteroatoms. The monoisotopic (exact) mass is 570 g/mol. The van der Waals surface area contributed by atoms with Crippen LogP contribution in [0.25, 0.3) is 0 Å². The Hall–Kier alpha value is -3.70. The molecule has 0 fully saturated rings. The van der Waals surface area contributed by atoms with Gasteiger partial charge >= 0.3 is 41.6 Å². The van der Waals surface area contributed by atoms with E-state index in [-0.39, 0.29) is 48.1 Å². The molecule has 210 valence electrons. The number of esters is 1. The topological polar surface area (TPSA) is 143 Å². The Morgan fingerprint density at radius 2 is 1.37 bits per heavy atom. The summed E-state index contributed by atoms with van der Waals surface area (Å²) < 4.78 is 11.6. The molecule has 1 unspecified atom stereocenters. The first-order valence-electron chi connectivity index (χ1n) is 12.6. The number of urea groups is 1. The van der Waals surface area contributed by atoms with Crippen molar-refractivity contribution in [3.63, 3.8) is 0 Å². The second kappa shape index (κ2) is 15.9. The van der Waals surface area contributed by atoms with Gasteiger partial charge in [-0.15, -0.1) is 0 Å². The van der Waals surface area contributed by atoms with Crippen molar-refractivity contribution >= 4 is 23.8 Å². The predicted molar refractivity (Wildman–Crippen MR) is 143 cm³/mol. The number of carbonyl (C=O) groups excluding carboxylic acids is 4. The van der Waals surface area contributed by atoms with Crippen LogP contribution in [0.4, 0.5) is 4.79 Å². The second-order valence-electron chi connectivity index (χ2n) is 9.76. The zero-order valence-electron chi connectivity index (χ0n) is 23.4. The van der Waals surface area contributed by atoms with Crippen LogP contribution < -0.4 is 50.2 Å². The average Bonchev–Trinajstić information content (AvgIpc) is 2.94. The molecule has 0 spiro atoms. The fourth-order valence-electron chi connectivity index (χ4n) is 3.53. The summed E-state index contributed by atoms with van der Waals surface area (Å²) in [5.74, 6) is -3.32. The Balaban J connectivity index is 0.00000588. The van der Waals surface area contributed by atoms with Crippen LogP contribution in [0.1, 0.15) is 54.8 Å². The molecule has 2 N–H and O–H groups in total. The van der Waals surface area contributed by atoms with Crippen molar-refractivity contribution in [2.45, 2.75) is 44.9 Å². The summed E-state index contributed by atoms with van der Waals surface area (Å²) in [6, 6.07) is 22.0. The standard InChI is InChI=1S/C30H32N2O8.Na/c1-30(2,3)40-32-29(37)31-24(18-19-38-23-16-14-20(15-17-23)25(33)27(34)35)28(36)39-26(21-10-6-4-7-11-21)22-12-8-5-9-13-22;/h4-17,24,26H,18-19H2,1-3H3,(H,34,35)(H2,31,32,37);/q;+1/p-1. The van der Waals surface area contributed by atoms with Crippen LogP contribution in [0.15, 0.2) is 84.9 Å². The summed E-state index contributed by atoms with van der Waals surface area (Å²) in [6.07, 6.45) is -0.694. The number of Topliss-reactive ketones (excluding diaryl/α,β-unsaturated/α-hetero) is 1. The molecular weight excluding hydrogens is 539 g/mol. The summed E-state index contributed by atoms with van der Waals surface area (Å²) in [4.78, 5) is 53.5. The molecule has 0 aliphatic carbocycles. The van der Waals surface area contributed by atoms with Gasteiger partial charge < -0.3 is 24.7 Å². The van der Waals surface area contributed by atoms with Gasteiger partial charge in [-0.1, -0.05) is 60.7 Å². The van der Waals surface area contributed by atoms with Crippen LogP contribution in [0, 0.1) is 0 Å². The van der Waals surface area contributed by atoms with E-state index in [2.05, 4.69) is 10.8 Å². The van der Waals surface area contributed by atoms with Gasteiger partial charge in [0.1, 0.15) is 17.8 Å². The minimum Gasteiger partial charge on any atom is -0.541 e. The molecular formula is C30H31N2NaO8. The van der Waals surface area contributed by atoms with Crippen LogP contribution in [-0.2, 0) is 19.2 Å². The van der Waals surface area contributed by atoms with Crippen molar-refractivity contribution in [2.75, 3.05) is 6.61 Å². The number of ether oxygens (including phenoxy) is 2. The zero-order valence-corrected chi connectivity index (χ0v) is 25.4. The molecule has 3 rings (SSSR count). The third kappa shape index (κ3) is 11.0. The van der Waals surface area contributed by atoms with Crippen LogP contribution in [0.5, 0.6) is 5.75 Å². The number of carbonyl (C=O) groups is 4. The smallest absolute Gasteiger partial charge is 0.541 e. The van der Waals surface area contributed by atoms with Gasteiger partial charge in [-0.05, 0) is 56.2 Å². The number of aliphatic carboxylic acids is 1. The van der Waals surface area contributed by atoms with Crippen molar-refractivity contribution < 1.29 is 68.2 Å². The second-order valence-corrected chi connectivity index (χ2v) is 9.76. The van der Waals surface area contributed by atoms with Gasteiger partial charge in [0.05, 0.1) is 12.2 Å². The van der Waals surface area contributed by atoms with E-state index in [0.717, 1.165) is 11.1 Å². The number of carboxylic acids is 1. The van der Waals surface area contributed by atoms with Crippen molar-refractivity contribution in [1.82, 2.24) is 10.8 Å². The molecule has 10 nitrogen and oxygen atoms in total. The number of benzene rings is 3. The van der Waals surface area contributed by atoms with Crippen molar-refractivity contribution in [3.05, 3.63) is 102 Å². The Kier molecular flexibility index (Phi) is 13.0. The van der Waals surface area contributed by atoms with E-state index >= 15 is 0 Å². The number of hydrogen-bond acceptors (Lipinski definition) is 8. The molecule has 3 aromatic rings. The molecule has 0 radical (unpaired) electrons. The van der Waals surface area contributed by atoms with Crippen molar-refractivity contribution in [1.29, 1.82) is 0 Å². The molecule has 1 atom stereocenters. The average molecular weight is 571 g/mol. The predicted octanol–water partition coefficient (Wildman–Crippen LogP) is 0.123. The summed E-state index contributed by atoms with van der Waals surface area (Å²) in [6.45, 7) is 5.24. The molecule has 0 heterocycles. The van der Waals surface area contributed by atoms with E-state index in [1.54, 1.807) is 20.8 Å². The van der Waals surface area contributed by atoms with Crippen LogP contribution in [-0.4, -0.2) is 42.0 Å². The fraction of sp³-hybridized carbons (Fsp3) is 0.267. The number of nitrogens with one attached hydrogen (secondary N) is 2. The van der Waals surface area contributed by atoms with Gasteiger partial charge in [-0.25, -0.2) is 15.1 Å². The molecule has 0 aliphatic heterocycles. The van der Waals surface area contributed by atoms with E-state index in [1.807, 2.05) is 60.7 Å². The molecule has 0 saturated carbocycles. The summed E-state index contributed by atoms with van der Waals surface area (Å²) in [5, 5.41) is 13.3. The number of rotatable bonds is 12. The van der Waals surface area contributed by atoms with E-state index < -0.39 is 41.5 Å². The van der Waals surface area contributed by atoms with E-state index in [0.29, 0.717) is 5.75 Å². The Labute approximate surface area is 260 Å². The Morgan fingerprint density at radius 3 is 1.85 bits per heavy atom. The first-order valence-corrected chi connectivity index (χ1v) is 12.6. The summed E-state index contributed by atoms with van der Waals surface area (Å²) >= 11 is 0. The van der Waals surface area contributed by atoms with Gasteiger partial charge in [0.2, 0.25) is 5.78 Å². The Morgan fingerprint density at radius 1 is 0.829 bits per heavy atom. The fourth-order valence-corrected chi connectivity index (χ4v) is 3.53. The maximum atomic E-state index is 13.4. The maximum absolute atomic E-state index is 13.4. The molecule has 0 bridgehead atoms. The van der Waals surface area contributed by atoms with Gasteiger partial charge in [0, 0.05) is 12.0 Å². The first kappa shape index (κ1) is 33.5. The van der Waals surface area contributed by atoms with Gasteiger partial charge in [0.25, 0.3) is 0 Å². The summed E-state index contributed by atoms with van der Waals surface area (Å²) in [7, 11) is 0. The van der Waals surface area contributed by atoms with Gasteiger partial charge in [-0.2, -0.15) is 0 Å². The van der Waals surface area contributed by atoms with E-state index in [1.165, 1.54) is 24.3 Å². The van der Waals surface area contributed by atoms with Crippen LogP contribution >= 0.6 is 0 Å². The maximum Gasteiger partial charge on any atom is 1.00 e. The molecule has 0 aliphatic rings. The number of carboxylic acid groups (broad SMARTS) is 1. The third-order valence-corrected chi connectivity index (χ3v) is 5.46. The van der Waals surface area contributed by atoms with Gasteiger partial charge in [-0.3, -0.25) is 9.63 Å². The van der Waals surface area contributed by atoms with Crippen molar-refractivity contribution in [3.8, 4) is 5.75 Å². The van der Waals surface area contributed by atoms with Gasteiger partial charge in [0.15, 0.2) is 6.10 Å². The molecule has 2 amide bonds. The minimum atomic E-state index is -1.81. The SMILES string of the molecule is CC(C)(C)ONC(=O)NC(CCOc1ccc(C(=O)C(=O)[O-])cc1)C(=O)OC(c1ccccc1)c1ccccc1.[Na+]. The number of amides is 2. The molecule has 3 aromatic carbocycles. The summed E-state index contributed by atoms with van der Waals surface area (Å²) in [5.41, 5.74) is 3.07. The number of hydrogen-bond donors (Lipinski definition) is 2. The first-order chi connectivity index (χ1) is 19.0. The largest absolute Gasteiger partial charge is 1.00 e. The zero-order chi connectivity index (χ0) is 29.1. The van der Waals surface area contributed by atoms with E-state index in [9.17, 15) is 24.3 Å². The molecule has 0 saturated heterocycles. The third-order valence-electron chi connectivity index (χ3n) is 5.46. The van der Waals surface area contributed by atoms with Crippen LogP contribution in [0.2, 0.25) is 0 Å². The quantitative estimate of drug-likeness (QED) is 0.103. The number of hydroxylamine groups is 1. The minimum absolute atomic E-state index is 0. The van der Waals surface area contributed by atoms with Crippen LogP contribution in [0.3, 0.4) is 0 Å². The number of ketones is 1. The molecule has 0 aromatic heterocycles. The molecule has 41 heavy (non-hydrogen) atoms. The van der Waals surface area contributed by atoms with Crippen molar-refractivity contribution in [2.24, 2.45) is 0 Å². The normalized spacial score (nSPS) is 11.5. The Bertz CT molecular complexity index is 1260.